The average molecular weight is 589 g/mol. The highest BCUT2D eigenvalue weighted by Crippen LogP contribution is 2.45. The fourth-order valence-corrected chi connectivity index (χ4v) is 6.63. The molecule has 0 amide bonds. The summed E-state index contributed by atoms with van der Waals surface area (Å²) in [6.07, 6.45) is -1.22. The predicted octanol–water partition coefficient (Wildman–Crippen LogP) is 6.74. The minimum atomic E-state index is -4.49. The van der Waals surface area contributed by atoms with Crippen molar-refractivity contribution in [2.75, 3.05) is 6.61 Å². The van der Waals surface area contributed by atoms with Gasteiger partial charge in [0.25, 0.3) is 0 Å². The molecule has 0 aliphatic carbocycles. The Balaban J connectivity index is 1.55. The standard InChI is InChI=1S/C30H23F3N6O2S/c1-16-22(40)11-13-34-24(16)27(42-28-35-18-7-3-4-8-19(18)36-28)26-25-17(2)23(41-15-30(31,32)33)12-14-38(25)29-37-20-9-5-6-10-21(20)39(26)29/h3-14,27H,15H2,1-2H3,(H,34,40)(H,35,36). The van der Waals surface area contributed by atoms with Crippen LogP contribution in [0.25, 0.3) is 33.4 Å². The summed E-state index contributed by atoms with van der Waals surface area (Å²) in [7, 11) is 0. The van der Waals surface area contributed by atoms with E-state index >= 15 is 0 Å². The number of hydrogen-bond acceptors (Lipinski definition) is 5. The molecule has 0 saturated heterocycles. The van der Waals surface area contributed by atoms with Gasteiger partial charge in [-0.1, -0.05) is 36.0 Å². The highest BCUT2D eigenvalue weighted by atomic mass is 32.2. The Hall–Kier alpha value is -4.71. The van der Waals surface area contributed by atoms with Gasteiger partial charge in [-0.15, -0.1) is 0 Å². The number of thioether (sulfide) groups is 1. The first-order valence-corrected chi connectivity index (χ1v) is 14.0. The third-order valence-corrected chi connectivity index (χ3v) is 8.44. The maximum Gasteiger partial charge on any atom is 0.422 e. The van der Waals surface area contributed by atoms with Gasteiger partial charge >= 0.3 is 6.18 Å². The highest BCUT2D eigenvalue weighted by Gasteiger charge is 2.32. The number of rotatable bonds is 6. The summed E-state index contributed by atoms with van der Waals surface area (Å²) in [5, 5.41) is 0.0606. The Kier molecular flexibility index (Phi) is 6.05. The number of pyridine rings is 2. The molecule has 1 atom stereocenters. The summed E-state index contributed by atoms with van der Waals surface area (Å²) >= 11 is 1.40. The molecule has 0 fully saturated rings. The number of para-hydroxylation sites is 4. The zero-order valence-corrected chi connectivity index (χ0v) is 23.2. The maximum absolute atomic E-state index is 13.1. The third kappa shape index (κ3) is 4.30. The van der Waals surface area contributed by atoms with Crippen LogP contribution in [0.3, 0.4) is 0 Å². The van der Waals surface area contributed by atoms with E-state index < -0.39 is 18.0 Å². The number of nitrogens with zero attached hydrogens (tertiary/aromatic N) is 4. The Morgan fingerprint density at radius 2 is 1.74 bits per heavy atom. The van der Waals surface area contributed by atoms with Crippen molar-refractivity contribution in [1.82, 2.24) is 28.7 Å². The number of fused-ring (bicyclic) bond motifs is 6. The van der Waals surface area contributed by atoms with Crippen molar-refractivity contribution in [3.8, 4) is 5.75 Å². The minimum Gasteiger partial charge on any atom is -0.484 e. The Bertz CT molecular complexity index is 2160. The van der Waals surface area contributed by atoms with Crippen molar-refractivity contribution in [2.24, 2.45) is 0 Å². The normalized spacial score (nSPS) is 13.1. The molecular formula is C30H23F3N6O2S. The van der Waals surface area contributed by atoms with E-state index in [1.165, 1.54) is 23.9 Å². The molecule has 5 heterocycles. The molecule has 212 valence electrons. The van der Waals surface area contributed by atoms with E-state index in [1.54, 1.807) is 26.2 Å². The topological polar surface area (TPSA) is 92.5 Å². The van der Waals surface area contributed by atoms with E-state index in [-0.39, 0.29) is 11.2 Å². The zero-order chi connectivity index (χ0) is 29.2. The Labute approximate surface area is 240 Å². The molecule has 2 N–H and O–H groups in total. The molecule has 0 bridgehead atoms. The van der Waals surface area contributed by atoms with E-state index in [1.807, 2.05) is 57.3 Å². The number of imidazole rings is 3. The average Bonchev–Trinajstić information content (AvgIpc) is 3.63. The number of ether oxygens (including phenoxy) is 1. The van der Waals surface area contributed by atoms with E-state index in [2.05, 4.69) is 9.97 Å². The Morgan fingerprint density at radius 3 is 2.52 bits per heavy atom. The van der Waals surface area contributed by atoms with Gasteiger partial charge in [0.15, 0.2) is 17.2 Å². The molecular weight excluding hydrogens is 565 g/mol. The first kappa shape index (κ1) is 26.2. The number of halogens is 3. The molecule has 0 saturated carbocycles. The van der Waals surface area contributed by atoms with Gasteiger partial charge < -0.3 is 14.7 Å². The van der Waals surface area contributed by atoms with Crippen molar-refractivity contribution >= 4 is 45.1 Å². The smallest absolute Gasteiger partial charge is 0.422 e. The van der Waals surface area contributed by atoms with Crippen LogP contribution in [0, 0.1) is 13.8 Å². The van der Waals surface area contributed by atoms with Gasteiger partial charge in [0.1, 0.15) is 5.75 Å². The summed E-state index contributed by atoms with van der Waals surface area (Å²) in [6.45, 7) is 2.07. The van der Waals surface area contributed by atoms with E-state index in [0.29, 0.717) is 39.0 Å². The number of aryl methyl sites for hydroxylation is 1. The van der Waals surface area contributed by atoms with Crippen LogP contribution >= 0.6 is 11.8 Å². The molecule has 0 aliphatic rings. The number of benzene rings is 2. The summed E-state index contributed by atoms with van der Waals surface area (Å²) < 4.78 is 48.5. The highest BCUT2D eigenvalue weighted by molar-refractivity contribution is 7.99. The van der Waals surface area contributed by atoms with Crippen LogP contribution in [0.1, 0.15) is 27.8 Å². The summed E-state index contributed by atoms with van der Waals surface area (Å²) in [5.74, 6) is 0.690. The summed E-state index contributed by atoms with van der Waals surface area (Å²) in [6, 6.07) is 18.3. The van der Waals surface area contributed by atoms with Crippen LogP contribution in [0.4, 0.5) is 13.2 Å². The van der Waals surface area contributed by atoms with Crippen LogP contribution in [0.15, 0.2) is 83.0 Å². The fourth-order valence-electron chi connectivity index (χ4n) is 5.39. The van der Waals surface area contributed by atoms with Gasteiger partial charge in [0.2, 0.25) is 5.78 Å². The molecule has 12 heteroatoms. The molecule has 2 aromatic carbocycles. The largest absolute Gasteiger partial charge is 0.484 e. The van der Waals surface area contributed by atoms with E-state index in [0.717, 1.165) is 22.1 Å². The van der Waals surface area contributed by atoms with Crippen LogP contribution in [0.2, 0.25) is 0 Å². The van der Waals surface area contributed by atoms with Crippen LogP contribution in [0.5, 0.6) is 5.75 Å². The van der Waals surface area contributed by atoms with Crippen LogP contribution in [-0.4, -0.2) is 41.5 Å². The van der Waals surface area contributed by atoms with Crippen molar-refractivity contribution in [3.63, 3.8) is 0 Å². The SMILES string of the molecule is Cc1c(C(Sc2nc3ccccc3[nH]2)c2c3c(C)c(OCC(F)(F)F)ccn3c3nc4ccccc4n23)[nH]ccc1=O. The third-order valence-electron chi connectivity index (χ3n) is 7.33. The van der Waals surface area contributed by atoms with Gasteiger partial charge in [-0.05, 0) is 44.2 Å². The molecule has 8 nitrogen and oxygen atoms in total. The van der Waals surface area contributed by atoms with Gasteiger partial charge in [0, 0.05) is 35.3 Å². The first-order chi connectivity index (χ1) is 20.2. The molecule has 0 radical (unpaired) electrons. The number of nitrogens with one attached hydrogen (secondary N) is 2. The molecule has 42 heavy (non-hydrogen) atoms. The van der Waals surface area contributed by atoms with Gasteiger partial charge in [-0.2, -0.15) is 13.2 Å². The lowest BCUT2D eigenvalue weighted by molar-refractivity contribution is -0.153. The second-order valence-electron chi connectivity index (χ2n) is 9.99. The predicted molar refractivity (Wildman–Crippen MR) is 156 cm³/mol. The fraction of sp³-hybridized carbons (Fsp3) is 0.167. The number of aromatic amines is 2. The number of hydrogen-bond donors (Lipinski definition) is 2. The minimum absolute atomic E-state index is 0.108. The van der Waals surface area contributed by atoms with Crippen LogP contribution in [-0.2, 0) is 0 Å². The lowest BCUT2D eigenvalue weighted by Crippen LogP contribution is -2.19. The molecule has 0 aliphatic heterocycles. The molecule has 7 aromatic rings. The van der Waals surface area contributed by atoms with Gasteiger partial charge in [-0.25, -0.2) is 9.97 Å². The second kappa shape index (κ2) is 9.69. The first-order valence-electron chi connectivity index (χ1n) is 13.1. The van der Waals surface area contributed by atoms with Crippen molar-refractivity contribution in [1.29, 1.82) is 0 Å². The molecule has 7 rings (SSSR count). The van der Waals surface area contributed by atoms with Crippen molar-refractivity contribution < 1.29 is 17.9 Å². The quantitative estimate of drug-likeness (QED) is 0.210. The van der Waals surface area contributed by atoms with Crippen LogP contribution < -0.4 is 10.2 Å². The summed E-state index contributed by atoms with van der Waals surface area (Å²) in [5.41, 5.74) is 6.08. The van der Waals surface area contributed by atoms with E-state index in [9.17, 15) is 18.0 Å². The Morgan fingerprint density at radius 1 is 0.976 bits per heavy atom. The second-order valence-corrected chi connectivity index (χ2v) is 11.1. The number of alkyl halides is 3. The van der Waals surface area contributed by atoms with Crippen molar-refractivity contribution in [2.45, 2.75) is 30.4 Å². The molecule has 0 spiro atoms. The summed E-state index contributed by atoms with van der Waals surface area (Å²) in [4.78, 5) is 29.2. The molecule has 1 unspecified atom stereocenters. The number of H-pyrrole nitrogens is 2. The maximum atomic E-state index is 13.1. The zero-order valence-electron chi connectivity index (χ0n) is 22.4. The lowest BCUT2D eigenvalue weighted by Gasteiger charge is -2.19. The lowest BCUT2D eigenvalue weighted by atomic mass is 10.1. The number of aromatic nitrogens is 6. The molecule has 5 aromatic heterocycles. The van der Waals surface area contributed by atoms with E-state index in [4.69, 9.17) is 14.7 Å². The van der Waals surface area contributed by atoms with Gasteiger partial charge in [0.05, 0.1) is 38.5 Å². The monoisotopic (exact) mass is 588 g/mol. The van der Waals surface area contributed by atoms with Crippen molar-refractivity contribution in [3.05, 3.63) is 106 Å². The van der Waals surface area contributed by atoms with Gasteiger partial charge in [-0.3, -0.25) is 13.6 Å².